The van der Waals surface area contributed by atoms with Crippen LogP contribution in [0.5, 0.6) is 0 Å². The van der Waals surface area contributed by atoms with Crippen LogP contribution < -0.4 is 0 Å². The molecule has 196 valence electrons. The molecule has 0 aromatic carbocycles. The van der Waals surface area contributed by atoms with Crippen molar-refractivity contribution in [3.63, 3.8) is 0 Å². The third kappa shape index (κ3) is 12.4. The molecule has 0 aromatic heterocycles. The molecule has 1 rings (SSSR count). The molecule has 0 saturated carbocycles. The van der Waals surface area contributed by atoms with Crippen molar-refractivity contribution in [1.82, 2.24) is 0 Å². The van der Waals surface area contributed by atoms with E-state index < -0.39 is 35.0 Å². The van der Waals surface area contributed by atoms with E-state index in [4.69, 9.17) is 18.9 Å². The fourth-order valence-corrected chi connectivity index (χ4v) is 3.66. The molecule has 32 heavy (non-hydrogen) atoms. The Kier molecular flexibility index (Phi) is 23.9. The van der Waals surface area contributed by atoms with Crippen LogP contribution >= 0.6 is 24.0 Å². The Morgan fingerprint density at radius 2 is 1.59 bits per heavy atom. The van der Waals surface area contributed by atoms with Crippen molar-refractivity contribution in [2.45, 2.75) is 103 Å². The summed E-state index contributed by atoms with van der Waals surface area (Å²) in [5, 5.41) is 0. The first-order chi connectivity index (χ1) is 12.6. The zero-order valence-corrected chi connectivity index (χ0v) is 20.2. The predicted octanol–water partition coefficient (Wildman–Crippen LogP) is 6.40. The Hall–Kier alpha value is -0.900. The van der Waals surface area contributed by atoms with Crippen molar-refractivity contribution < 1.29 is 33.3 Å². The van der Waals surface area contributed by atoms with Crippen molar-refractivity contribution >= 4 is 41.9 Å². The molecule has 1 aliphatic heterocycles. The van der Waals surface area contributed by atoms with Crippen LogP contribution in [0.3, 0.4) is 0 Å². The van der Waals surface area contributed by atoms with Gasteiger partial charge in [-0.1, -0.05) is 36.6 Å². The monoisotopic (exact) mass is 578 g/mol. The summed E-state index contributed by atoms with van der Waals surface area (Å²) in [5.74, 6) is -1.77. The molecular weight excluding hydrogens is 527 g/mol. The van der Waals surface area contributed by atoms with Crippen molar-refractivity contribution in [3.8, 4) is 0 Å². The molecule has 3 unspecified atom stereocenters. The zero-order valence-electron chi connectivity index (χ0n) is 17.9. The molecule has 7 nitrogen and oxygen atoms in total. The first-order valence-corrected chi connectivity index (χ1v) is 9.63. The minimum Gasteiger partial charge on any atom is -0.469 e. The zero-order chi connectivity index (χ0) is 20.7. The molecule has 1 fully saturated rings. The third-order valence-electron chi connectivity index (χ3n) is 4.88. The standard InChI is InChI=1S/C20H34O7.4CH4.HI/c1-7-25-16(21)14(2)12-20(5,13-19(3,4)17(22)24-6)18(23)27-15-10-8-9-11-26-15;;;;;/h14-15H,7-13H2,1-6H3;4*1H4;1H. The predicted molar refractivity (Wildman–Crippen MR) is 141 cm³/mol. The van der Waals surface area contributed by atoms with Gasteiger partial charge in [-0.05, 0) is 53.4 Å². The summed E-state index contributed by atoms with van der Waals surface area (Å²) >= 11 is 0. The average Bonchev–Trinajstić information content (AvgIpc) is 2.61. The molecule has 0 bridgehead atoms. The summed E-state index contributed by atoms with van der Waals surface area (Å²) < 4.78 is 21.0. The van der Waals surface area contributed by atoms with Gasteiger partial charge in [0, 0.05) is 6.42 Å². The van der Waals surface area contributed by atoms with Crippen LogP contribution in [0.4, 0.5) is 0 Å². The number of methoxy groups -OCH3 is 1. The molecule has 1 aliphatic rings. The van der Waals surface area contributed by atoms with Crippen LogP contribution in [0.15, 0.2) is 0 Å². The highest BCUT2D eigenvalue weighted by Gasteiger charge is 2.46. The highest BCUT2D eigenvalue weighted by Crippen LogP contribution is 2.41. The van der Waals surface area contributed by atoms with Gasteiger partial charge in [-0.2, -0.15) is 0 Å². The minimum atomic E-state index is -1.06. The van der Waals surface area contributed by atoms with Crippen LogP contribution in [0, 0.1) is 16.7 Å². The van der Waals surface area contributed by atoms with E-state index in [2.05, 4.69) is 0 Å². The first-order valence-electron chi connectivity index (χ1n) is 9.63. The number of rotatable bonds is 9. The SMILES string of the molecule is C.C.C.C.CCOC(=O)C(C)CC(C)(CC(C)(C)C(=O)OC)C(=O)OC1CCCCO1.I. The van der Waals surface area contributed by atoms with Crippen LogP contribution in [0.2, 0.25) is 0 Å². The Morgan fingerprint density at radius 1 is 1.03 bits per heavy atom. The van der Waals surface area contributed by atoms with Gasteiger partial charge >= 0.3 is 17.9 Å². The van der Waals surface area contributed by atoms with E-state index in [1.165, 1.54) is 7.11 Å². The summed E-state index contributed by atoms with van der Waals surface area (Å²) in [6, 6.07) is 0. The highest BCUT2D eigenvalue weighted by molar-refractivity contribution is 14.0. The van der Waals surface area contributed by atoms with E-state index in [0.717, 1.165) is 12.8 Å². The molecule has 8 heteroatoms. The fraction of sp³-hybridized carbons (Fsp3) is 0.875. The number of carbonyl (C=O) groups excluding carboxylic acids is 3. The largest absolute Gasteiger partial charge is 0.469 e. The lowest BCUT2D eigenvalue weighted by Crippen LogP contribution is -2.42. The van der Waals surface area contributed by atoms with Gasteiger partial charge in [-0.15, -0.1) is 24.0 Å². The van der Waals surface area contributed by atoms with E-state index in [1.54, 1.807) is 34.6 Å². The summed E-state index contributed by atoms with van der Waals surface area (Å²) in [6.45, 7) is 9.44. The second kappa shape index (κ2) is 18.5. The van der Waals surface area contributed by atoms with Crippen LogP contribution in [-0.2, 0) is 33.3 Å². The van der Waals surface area contributed by atoms with Crippen molar-refractivity contribution in [3.05, 3.63) is 0 Å². The molecule has 3 atom stereocenters. The van der Waals surface area contributed by atoms with E-state index in [0.29, 0.717) is 13.0 Å². The molecular formula is C24H51IO7. The maximum Gasteiger partial charge on any atom is 0.314 e. The molecule has 1 saturated heterocycles. The van der Waals surface area contributed by atoms with Crippen LogP contribution in [0.1, 0.15) is 96.4 Å². The van der Waals surface area contributed by atoms with Crippen LogP contribution in [0.25, 0.3) is 0 Å². The first kappa shape index (κ1) is 41.4. The Balaban J connectivity index is -0.000000486. The van der Waals surface area contributed by atoms with Gasteiger partial charge in [-0.3, -0.25) is 14.4 Å². The summed E-state index contributed by atoms with van der Waals surface area (Å²) in [7, 11) is 1.32. The lowest BCUT2D eigenvalue weighted by Gasteiger charge is -2.36. The van der Waals surface area contributed by atoms with Gasteiger partial charge in [0.15, 0.2) is 0 Å². The van der Waals surface area contributed by atoms with Crippen LogP contribution in [-0.4, -0.2) is 44.5 Å². The number of carbonyl (C=O) groups is 3. The quantitative estimate of drug-likeness (QED) is 0.178. The number of ether oxygens (including phenoxy) is 4. The van der Waals surface area contributed by atoms with Gasteiger partial charge in [0.2, 0.25) is 6.29 Å². The smallest absolute Gasteiger partial charge is 0.314 e. The maximum atomic E-state index is 13.0. The van der Waals surface area contributed by atoms with Gasteiger partial charge in [-0.25, -0.2) is 0 Å². The number of esters is 3. The van der Waals surface area contributed by atoms with Gasteiger partial charge < -0.3 is 18.9 Å². The molecule has 0 aliphatic carbocycles. The average molecular weight is 579 g/mol. The number of hydrogen-bond donors (Lipinski definition) is 0. The van der Waals surface area contributed by atoms with Crippen molar-refractivity contribution in [1.29, 1.82) is 0 Å². The summed E-state index contributed by atoms with van der Waals surface area (Å²) in [4.78, 5) is 37.3. The van der Waals surface area contributed by atoms with Crippen molar-refractivity contribution in [2.24, 2.45) is 16.7 Å². The van der Waals surface area contributed by atoms with Gasteiger partial charge in [0.1, 0.15) is 0 Å². The van der Waals surface area contributed by atoms with E-state index in [-0.39, 0.29) is 79.1 Å². The highest BCUT2D eigenvalue weighted by atomic mass is 127. The second-order valence-corrected chi connectivity index (χ2v) is 8.17. The minimum absolute atomic E-state index is 0. The van der Waals surface area contributed by atoms with E-state index >= 15 is 0 Å². The Bertz CT molecular complexity index is 530. The van der Waals surface area contributed by atoms with E-state index in [1.807, 2.05) is 0 Å². The lowest BCUT2D eigenvalue weighted by atomic mass is 9.70. The molecule has 1 heterocycles. The molecule has 0 aromatic rings. The number of hydrogen-bond acceptors (Lipinski definition) is 7. The normalized spacial score (nSPS) is 17.6. The number of halogens is 1. The fourth-order valence-electron chi connectivity index (χ4n) is 3.66. The molecule has 0 N–H and O–H groups in total. The topological polar surface area (TPSA) is 88.1 Å². The Morgan fingerprint density at radius 3 is 2.03 bits per heavy atom. The van der Waals surface area contributed by atoms with Crippen molar-refractivity contribution in [2.75, 3.05) is 20.3 Å². The summed E-state index contributed by atoms with van der Waals surface area (Å²) in [5.41, 5.74) is -1.98. The van der Waals surface area contributed by atoms with E-state index in [9.17, 15) is 14.4 Å². The maximum absolute atomic E-state index is 13.0. The van der Waals surface area contributed by atoms with Gasteiger partial charge in [0.25, 0.3) is 0 Å². The molecule has 0 radical (unpaired) electrons. The third-order valence-corrected chi connectivity index (χ3v) is 4.88. The second-order valence-electron chi connectivity index (χ2n) is 8.17. The summed E-state index contributed by atoms with van der Waals surface area (Å²) in [6.07, 6.45) is 2.34. The Labute approximate surface area is 214 Å². The molecule has 0 amide bonds. The lowest BCUT2D eigenvalue weighted by molar-refractivity contribution is -0.199. The van der Waals surface area contributed by atoms with Gasteiger partial charge in [0.05, 0.1) is 37.1 Å². The molecule has 0 spiro atoms.